The molecule has 0 aliphatic carbocycles. The topological polar surface area (TPSA) is 36.9 Å². The fourth-order valence-electron chi connectivity index (χ4n) is 2.84. The Bertz CT molecular complexity index is 929. The van der Waals surface area contributed by atoms with Crippen LogP contribution in [0.2, 0.25) is 0 Å². The highest BCUT2D eigenvalue weighted by molar-refractivity contribution is 14.1. The molecule has 0 bridgehead atoms. The Labute approximate surface area is 212 Å². The average Bonchev–Trinajstić information content (AvgIpc) is 2.78. The van der Waals surface area contributed by atoms with Gasteiger partial charge in [-0.2, -0.15) is 0 Å². The third kappa shape index (κ3) is 7.69. The van der Waals surface area contributed by atoms with Crippen molar-refractivity contribution in [2.24, 2.45) is 0 Å². The van der Waals surface area contributed by atoms with E-state index in [1.54, 1.807) is 28.4 Å². The molecular formula is C25H26I2O4. The van der Waals surface area contributed by atoms with Gasteiger partial charge in [-0.1, -0.05) is 30.1 Å². The lowest BCUT2D eigenvalue weighted by Gasteiger charge is -2.08. The average molecular weight is 644 g/mol. The minimum absolute atomic E-state index is 0.774. The molecule has 0 aliphatic rings. The first-order valence-electron chi connectivity index (χ1n) is 9.84. The number of unbranched alkanes of at least 4 members (excludes halogenated alkanes) is 4. The van der Waals surface area contributed by atoms with Crippen LogP contribution in [-0.4, -0.2) is 28.4 Å². The van der Waals surface area contributed by atoms with E-state index in [-0.39, 0.29) is 0 Å². The van der Waals surface area contributed by atoms with E-state index in [0.29, 0.717) is 0 Å². The predicted molar refractivity (Wildman–Crippen MR) is 141 cm³/mol. The van der Waals surface area contributed by atoms with Crippen LogP contribution in [0, 0.1) is 30.8 Å². The second kappa shape index (κ2) is 13.6. The fourth-order valence-corrected chi connectivity index (χ4v) is 4.15. The fraction of sp³-hybridized carbons (Fsp3) is 0.360. The Balaban J connectivity index is 1.83. The zero-order chi connectivity index (χ0) is 22.6. The third-order valence-corrected chi connectivity index (χ3v) is 6.18. The van der Waals surface area contributed by atoms with E-state index in [1.165, 1.54) is 0 Å². The van der Waals surface area contributed by atoms with Gasteiger partial charge in [0.1, 0.15) is 23.0 Å². The summed E-state index contributed by atoms with van der Waals surface area (Å²) in [6.45, 7) is 0. The van der Waals surface area contributed by atoms with Crippen molar-refractivity contribution in [2.45, 2.75) is 32.1 Å². The third-order valence-electron chi connectivity index (χ3n) is 4.50. The molecule has 0 aromatic heterocycles. The van der Waals surface area contributed by atoms with Crippen LogP contribution >= 0.6 is 45.2 Å². The normalized spacial score (nSPS) is 9.74. The Morgan fingerprint density at radius 2 is 0.968 bits per heavy atom. The predicted octanol–water partition coefficient (Wildman–Crippen LogP) is 6.28. The molecule has 6 heteroatoms. The first kappa shape index (κ1) is 25.5. The lowest BCUT2D eigenvalue weighted by Crippen LogP contribution is -1.93. The summed E-state index contributed by atoms with van der Waals surface area (Å²) in [5, 5.41) is 0. The van der Waals surface area contributed by atoms with Gasteiger partial charge in [-0.05, 0) is 70.2 Å². The van der Waals surface area contributed by atoms with E-state index < -0.39 is 0 Å². The lowest BCUT2D eigenvalue weighted by atomic mass is 10.1. The van der Waals surface area contributed by atoms with E-state index in [2.05, 4.69) is 68.9 Å². The highest BCUT2D eigenvalue weighted by Gasteiger charge is 2.08. The Morgan fingerprint density at radius 1 is 0.581 bits per heavy atom. The standard InChI is InChI=1S/C25H26I2O4/c1-28-22-16-20(26)24(30-3)14-18(22)12-10-8-6-5-7-9-11-13-19-15-25(31-4)21(27)17-23(19)29-2/h14-17H,5-9H2,1-4H3. The smallest absolute Gasteiger partial charge is 0.135 e. The van der Waals surface area contributed by atoms with Gasteiger partial charge in [0.05, 0.1) is 46.7 Å². The summed E-state index contributed by atoms with van der Waals surface area (Å²) in [4.78, 5) is 0. The maximum Gasteiger partial charge on any atom is 0.135 e. The molecule has 2 aromatic carbocycles. The Kier molecular flexibility index (Phi) is 11.2. The molecule has 0 saturated heterocycles. The van der Waals surface area contributed by atoms with Crippen LogP contribution in [0.25, 0.3) is 0 Å². The summed E-state index contributed by atoms with van der Waals surface area (Å²) in [5.74, 6) is 16.1. The number of methoxy groups -OCH3 is 4. The van der Waals surface area contributed by atoms with E-state index in [9.17, 15) is 0 Å². The first-order valence-corrected chi connectivity index (χ1v) is 12.0. The molecule has 2 aromatic rings. The first-order chi connectivity index (χ1) is 15.0. The van der Waals surface area contributed by atoms with Crippen molar-refractivity contribution >= 4 is 45.2 Å². The van der Waals surface area contributed by atoms with Crippen molar-refractivity contribution in [3.05, 3.63) is 42.5 Å². The summed E-state index contributed by atoms with van der Waals surface area (Å²) in [6, 6.07) is 7.74. The van der Waals surface area contributed by atoms with Crippen LogP contribution in [0.3, 0.4) is 0 Å². The highest BCUT2D eigenvalue weighted by atomic mass is 127. The summed E-state index contributed by atoms with van der Waals surface area (Å²) in [7, 11) is 6.64. The molecule has 0 heterocycles. The number of benzene rings is 2. The van der Waals surface area contributed by atoms with Crippen LogP contribution in [0.15, 0.2) is 24.3 Å². The van der Waals surface area contributed by atoms with Gasteiger partial charge in [0.25, 0.3) is 0 Å². The molecule has 0 fully saturated rings. The van der Waals surface area contributed by atoms with Crippen LogP contribution in [0.4, 0.5) is 0 Å². The number of hydrogen-bond donors (Lipinski definition) is 0. The van der Waals surface area contributed by atoms with Crippen molar-refractivity contribution in [1.29, 1.82) is 0 Å². The lowest BCUT2D eigenvalue weighted by molar-refractivity contribution is 0.399. The summed E-state index contributed by atoms with van der Waals surface area (Å²) in [6.07, 6.45) is 4.85. The molecule has 0 radical (unpaired) electrons. The van der Waals surface area contributed by atoms with Crippen LogP contribution in [0.5, 0.6) is 23.0 Å². The van der Waals surface area contributed by atoms with Gasteiger partial charge in [-0.25, -0.2) is 0 Å². The van der Waals surface area contributed by atoms with Crippen LogP contribution in [0.1, 0.15) is 43.2 Å². The van der Waals surface area contributed by atoms with Gasteiger partial charge < -0.3 is 18.9 Å². The minimum Gasteiger partial charge on any atom is -0.496 e. The van der Waals surface area contributed by atoms with Gasteiger partial charge in [0, 0.05) is 25.0 Å². The molecule has 31 heavy (non-hydrogen) atoms. The quantitative estimate of drug-likeness (QED) is 0.193. The van der Waals surface area contributed by atoms with Gasteiger partial charge in [-0.15, -0.1) is 0 Å². The molecule has 2 rings (SSSR count). The zero-order valence-corrected chi connectivity index (χ0v) is 22.5. The molecule has 4 nitrogen and oxygen atoms in total. The minimum atomic E-state index is 0.774. The van der Waals surface area contributed by atoms with Crippen LogP contribution in [-0.2, 0) is 0 Å². The SMILES string of the molecule is COc1cc(C#CCCCCCC#Cc2cc(OC)c(I)cc2OC)c(OC)cc1I. The monoisotopic (exact) mass is 644 g/mol. The van der Waals surface area contributed by atoms with Crippen LogP contribution < -0.4 is 18.9 Å². The van der Waals surface area contributed by atoms with E-state index >= 15 is 0 Å². The zero-order valence-electron chi connectivity index (χ0n) is 18.2. The van der Waals surface area contributed by atoms with Crippen molar-refractivity contribution < 1.29 is 18.9 Å². The largest absolute Gasteiger partial charge is 0.496 e. The van der Waals surface area contributed by atoms with Crippen molar-refractivity contribution in [1.82, 2.24) is 0 Å². The number of ether oxygens (including phenoxy) is 4. The van der Waals surface area contributed by atoms with Crippen molar-refractivity contribution in [3.63, 3.8) is 0 Å². The second-order valence-corrected chi connectivity index (χ2v) is 8.86. The molecular weight excluding hydrogens is 618 g/mol. The van der Waals surface area contributed by atoms with Gasteiger partial charge in [-0.3, -0.25) is 0 Å². The Hall–Kier alpha value is -1.78. The molecule has 0 unspecified atom stereocenters. The van der Waals surface area contributed by atoms with E-state index in [4.69, 9.17) is 18.9 Å². The summed E-state index contributed by atoms with van der Waals surface area (Å²) in [5.41, 5.74) is 1.71. The molecule has 0 saturated carbocycles. The Morgan fingerprint density at radius 3 is 1.32 bits per heavy atom. The summed E-state index contributed by atoms with van der Waals surface area (Å²) < 4.78 is 23.6. The molecule has 0 aliphatic heterocycles. The van der Waals surface area contributed by atoms with Gasteiger partial charge in [0.2, 0.25) is 0 Å². The number of rotatable bonds is 8. The maximum atomic E-state index is 5.43. The second-order valence-electron chi connectivity index (χ2n) is 6.54. The van der Waals surface area contributed by atoms with E-state index in [1.807, 2.05) is 24.3 Å². The van der Waals surface area contributed by atoms with Crippen molar-refractivity contribution in [3.8, 4) is 46.7 Å². The van der Waals surface area contributed by atoms with Gasteiger partial charge >= 0.3 is 0 Å². The van der Waals surface area contributed by atoms with Crippen molar-refractivity contribution in [2.75, 3.05) is 28.4 Å². The molecule has 0 atom stereocenters. The highest BCUT2D eigenvalue weighted by Crippen LogP contribution is 2.30. The molecule has 0 N–H and O–H groups in total. The van der Waals surface area contributed by atoms with E-state index in [0.717, 1.165) is 73.4 Å². The number of hydrogen-bond acceptors (Lipinski definition) is 4. The molecule has 0 spiro atoms. The number of halogens is 2. The molecule has 0 amide bonds. The van der Waals surface area contributed by atoms with Gasteiger partial charge in [0.15, 0.2) is 0 Å². The summed E-state index contributed by atoms with van der Waals surface area (Å²) >= 11 is 4.45. The molecule has 164 valence electrons. The maximum absolute atomic E-state index is 5.43.